The number of para-hydroxylation sites is 2. The third-order valence-corrected chi connectivity index (χ3v) is 4.63. The Bertz CT molecular complexity index is 776. The van der Waals surface area contributed by atoms with Crippen LogP contribution >= 0.6 is 23.1 Å². The van der Waals surface area contributed by atoms with Crippen LogP contribution in [0.5, 0.6) is 0 Å². The Hall–Kier alpha value is -2.12. The molecular weight excluding hydrogens is 318 g/mol. The first-order valence-electron chi connectivity index (χ1n) is 6.58. The summed E-state index contributed by atoms with van der Waals surface area (Å²) >= 11 is 2.83. The molecule has 0 unspecified atom stereocenters. The summed E-state index contributed by atoms with van der Waals surface area (Å²) < 4.78 is 5.54. The van der Waals surface area contributed by atoms with Gasteiger partial charge in [-0.1, -0.05) is 30.0 Å². The van der Waals surface area contributed by atoms with Gasteiger partial charge >= 0.3 is 0 Å². The maximum atomic E-state index is 11.8. The van der Waals surface area contributed by atoms with Crippen LogP contribution < -0.4 is 5.43 Å². The molecule has 112 valence electrons. The summed E-state index contributed by atoms with van der Waals surface area (Å²) in [5, 5.41) is 6.54. The van der Waals surface area contributed by atoms with E-state index in [9.17, 15) is 4.79 Å². The van der Waals surface area contributed by atoms with E-state index in [1.807, 2.05) is 48.7 Å². The number of hydrazone groups is 1. The number of rotatable bonds is 5. The maximum Gasteiger partial charge on any atom is 0.257 e. The molecular formula is C15H13N3O2S2. The maximum absolute atomic E-state index is 11.8. The molecule has 0 saturated carbocycles. The van der Waals surface area contributed by atoms with Crippen molar-refractivity contribution in [3.05, 3.63) is 46.7 Å². The van der Waals surface area contributed by atoms with Crippen LogP contribution in [-0.4, -0.2) is 22.4 Å². The molecule has 1 aromatic carbocycles. The van der Waals surface area contributed by atoms with Crippen molar-refractivity contribution in [2.45, 2.75) is 12.1 Å². The predicted octanol–water partition coefficient (Wildman–Crippen LogP) is 3.52. The predicted molar refractivity (Wildman–Crippen MR) is 89.4 cm³/mol. The van der Waals surface area contributed by atoms with Crippen molar-refractivity contribution in [1.82, 2.24) is 10.4 Å². The third-order valence-electron chi connectivity index (χ3n) is 2.83. The molecule has 22 heavy (non-hydrogen) atoms. The largest absolute Gasteiger partial charge is 0.431 e. The lowest BCUT2D eigenvalue weighted by Gasteiger charge is -1.99. The normalized spacial score (nSPS) is 11.8. The zero-order chi connectivity index (χ0) is 15.4. The van der Waals surface area contributed by atoms with Crippen LogP contribution in [0.1, 0.15) is 11.8 Å². The molecule has 0 aliphatic heterocycles. The van der Waals surface area contributed by atoms with Gasteiger partial charge < -0.3 is 4.42 Å². The van der Waals surface area contributed by atoms with Crippen LogP contribution in [0.3, 0.4) is 0 Å². The SMILES string of the molecule is CC(=NNC(=O)CSc1nc2ccccc2o1)c1cccs1. The average molecular weight is 331 g/mol. The Morgan fingerprint density at radius 2 is 2.23 bits per heavy atom. The number of oxazole rings is 1. The summed E-state index contributed by atoms with van der Waals surface area (Å²) in [6, 6.07) is 11.4. The molecule has 0 aliphatic rings. The van der Waals surface area contributed by atoms with Gasteiger partial charge in [-0.25, -0.2) is 10.4 Å². The van der Waals surface area contributed by atoms with E-state index in [2.05, 4.69) is 15.5 Å². The Labute approximate surface area is 135 Å². The van der Waals surface area contributed by atoms with Crippen molar-refractivity contribution >= 4 is 45.8 Å². The molecule has 1 amide bonds. The van der Waals surface area contributed by atoms with Crippen LogP contribution in [-0.2, 0) is 4.79 Å². The number of thioether (sulfide) groups is 1. The minimum absolute atomic E-state index is 0.192. The molecule has 0 atom stereocenters. The van der Waals surface area contributed by atoms with E-state index in [0.29, 0.717) is 5.22 Å². The molecule has 1 N–H and O–H groups in total. The summed E-state index contributed by atoms with van der Waals surface area (Å²) in [5.41, 5.74) is 4.84. The van der Waals surface area contributed by atoms with E-state index >= 15 is 0 Å². The van der Waals surface area contributed by atoms with E-state index in [-0.39, 0.29) is 11.7 Å². The summed E-state index contributed by atoms with van der Waals surface area (Å²) in [6.45, 7) is 1.86. The van der Waals surface area contributed by atoms with Crippen molar-refractivity contribution in [1.29, 1.82) is 0 Å². The molecule has 0 aliphatic carbocycles. The second-order valence-electron chi connectivity index (χ2n) is 4.45. The quantitative estimate of drug-likeness (QED) is 0.441. The molecule has 2 aromatic heterocycles. The molecule has 0 fully saturated rings. The van der Waals surface area contributed by atoms with Crippen molar-refractivity contribution in [3.63, 3.8) is 0 Å². The molecule has 5 nitrogen and oxygen atoms in total. The number of carbonyl (C=O) groups is 1. The molecule has 7 heteroatoms. The topological polar surface area (TPSA) is 67.5 Å². The number of benzene rings is 1. The van der Waals surface area contributed by atoms with Gasteiger partial charge in [0.1, 0.15) is 5.52 Å². The first-order valence-corrected chi connectivity index (χ1v) is 8.44. The number of fused-ring (bicyclic) bond motifs is 1. The number of hydrogen-bond donors (Lipinski definition) is 1. The van der Waals surface area contributed by atoms with Gasteiger partial charge in [-0.05, 0) is 30.5 Å². The Balaban J connectivity index is 1.55. The molecule has 0 spiro atoms. The number of nitrogens with one attached hydrogen (secondary N) is 1. The fourth-order valence-electron chi connectivity index (χ4n) is 1.76. The van der Waals surface area contributed by atoms with Crippen LogP contribution in [0, 0.1) is 0 Å². The van der Waals surface area contributed by atoms with E-state index in [0.717, 1.165) is 21.7 Å². The fourth-order valence-corrected chi connectivity index (χ4v) is 3.07. The van der Waals surface area contributed by atoms with Crippen LogP contribution in [0.25, 0.3) is 11.1 Å². The smallest absolute Gasteiger partial charge is 0.257 e. The van der Waals surface area contributed by atoms with E-state index in [1.54, 1.807) is 11.3 Å². The third kappa shape index (κ3) is 3.55. The number of nitrogens with zero attached hydrogens (tertiary/aromatic N) is 2. The standard InChI is InChI=1S/C15H13N3O2S2/c1-10(13-7-4-8-21-13)17-18-14(19)9-22-15-16-11-5-2-3-6-12(11)20-15/h2-8H,9H2,1H3,(H,18,19). The van der Waals surface area contributed by atoms with Crippen molar-refractivity contribution in [2.24, 2.45) is 5.10 Å². The second kappa shape index (κ2) is 6.76. The highest BCUT2D eigenvalue weighted by atomic mass is 32.2. The second-order valence-corrected chi connectivity index (χ2v) is 6.32. The zero-order valence-corrected chi connectivity index (χ0v) is 13.4. The summed E-state index contributed by atoms with van der Waals surface area (Å²) in [6.07, 6.45) is 0. The van der Waals surface area contributed by atoms with E-state index < -0.39 is 0 Å². The van der Waals surface area contributed by atoms with Crippen LogP contribution in [0.4, 0.5) is 0 Å². The van der Waals surface area contributed by atoms with Gasteiger partial charge in [0.15, 0.2) is 5.58 Å². The minimum atomic E-state index is -0.192. The average Bonchev–Trinajstić information content (AvgIpc) is 3.19. The molecule has 0 bridgehead atoms. The molecule has 3 aromatic rings. The lowest BCUT2D eigenvalue weighted by Crippen LogP contribution is -2.21. The first kappa shape index (κ1) is 14.8. The molecule has 3 rings (SSSR count). The van der Waals surface area contributed by atoms with E-state index in [1.165, 1.54) is 11.8 Å². The van der Waals surface area contributed by atoms with Gasteiger partial charge in [0.05, 0.1) is 11.5 Å². The highest BCUT2D eigenvalue weighted by molar-refractivity contribution is 7.99. The van der Waals surface area contributed by atoms with Crippen molar-refractivity contribution in [3.8, 4) is 0 Å². The highest BCUT2D eigenvalue weighted by Crippen LogP contribution is 2.22. The number of amides is 1. The summed E-state index contributed by atoms with van der Waals surface area (Å²) in [7, 11) is 0. The van der Waals surface area contributed by atoms with Gasteiger partial charge in [-0.2, -0.15) is 5.10 Å². The highest BCUT2D eigenvalue weighted by Gasteiger charge is 2.09. The van der Waals surface area contributed by atoms with Crippen molar-refractivity contribution < 1.29 is 9.21 Å². The van der Waals surface area contributed by atoms with Gasteiger partial charge in [-0.3, -0.25) is 4.79 Å². The summed E-state index contributed by atoms with van der Waals surface area (Å²) in [5.74, 6) is 0.0109. The Morgan fingerprint density at radius 1 is 1.36 bits per heavy atom. The number of aromatic nitrogens is 1. The Morgan fingerprint density at radius 3 is 3.00 bits per heavy atom. The monoisotopic (exact) mass is 331 g/mol. The molecule has 0 saturated heterocycles. The lowest BCUT2D eigenvalue weighted by molar-refractivity contribution is -0.118. The molecule has 0 radical (unpaired) electrons. The first-order chi connectivity index (χ1) is 10.7. The van der Waals surface area contributed by atoms with Crippen LogP contribution in [0.2, 0.25) is 0 Å². The van der Waals surface area contributed by atoms with Crippen LogP contribution in [0.15, 0.2) is 56.5 Å². The fraction of sp³-hybridized carbons (Fsp3) is 0.133. The number of carbonyl (C=O) groups excluding carboxylic acids is 1. The summed E-state index contributed by atoms with van der Waals surface area (Å²) in [4.78, 5) is 17.1. The van der Waals surface area contributed by atoms with Gasteiger partial charge in [0.2, 0.25) is 0 Å². The van der Waals surface area contributed by atoms with Gasteiger partial charge in [0, 0.05) is 4.88 Å². The number of hydrogen-bond acceptors (Lipinski definition) is 6. The Kier molecular flexibility index (Phi) is 4.55. The lowest BCUT2D eigenvalue weighted by atomic mass is 10.3. The van der Waals surface area contributed by atoms with Gasteiger partial charge in [-0.15, -0.1) is 11.3 Å². The zero-order valence-electron chi connectivity index (χ0n) is 11.8. The van der Waals surface area contributed by atoms with Crippen molar-refractivity contribution in [2.75, 3.05) is 5.75 Å². The number of thiophene rings is 1. The van der Waals surface area contributed by atoms with Gasteiger partial charge in [0.25, 0.3) is 11.1 Å². The van der Waals surface area contributed by atoms with E-state index in [4.69, 9.17) is 4.42 Å². The molecule has 2 heterocycles. The minimum Gasteiger partial charge on any atom is -0.431 e.